The second-order valence-corrected chi connectivity index (χ2v) is 7.24. The van der Waals surface area contributed by atoms with Gasteiger partial charge in [-0.3, -0.25) is 15.5 Å². The number of hydroxylamine groups is 2. The first kappa shape index (κ1) is 20.4. The molecule has 1 aliphatic rings. The van der Waals surface area contributed by atoms with Gasteiger partial charge in [-0.15, -0.1) is 5.06 Å². The fourth-order valence-electron chi connectivity index (χ4n) is 3.54. The largest absolute Gasteiger partial charge is 0.430 e. The summed E-state index contributed by atoms with van der Waals surface area (Å²) in [6.07, 6.45) is -0.559. The van der Waals surface area contributed by atoms with Crippen LogP contribution in [0.5, 0.6) is 0 Å². The third-order valence-electron chi connectivity index (χ3n) is 5.21. The van der Waals surface area contributed by atoms with Gasteiger partial charge in [-0.2, -0.15) is 0 Å². The molecule has 1 fully saturated rings. The van der Waals surface area contributed by atoms with Crippen molar-refractivity contribution in [2.75, 3.05) is 31.5 Å². The standard InChI is InChI=1S/C23H23N5O3/c24-21(25)17-8-10-18(11-9-17)22(29)27-12-14-28(15-13-27)31-23(30)26-20-7-3-5-16-4-1-2-6-19(16)20/h1-11H,12-15H2,(H3,24,25)(H,26,30). The van der Waals surface area contributed by atoms with Gasteiger partial charge in [0.2, 0.25) is 0 Å². The molecule has 3 aromatic carbocycles. The van der Waals surface area contributed by atoms with Gasteiger partial charge in [0.05, 0.1) is 18.8 Å². The molecule has 0 radical (unpaired) electrons. The average Bonchev–Trinajstić information content (AvgIpc) is 2.79. The number of hydrogen-bond donors (Lipinski definition) is 3. The molecule has 0 saturated carbocycles. The minimum atomic E-state index is -0.559. The lowest BCUT2D eigenvalue weighted by Crippen LogP contribution is -2.49. The first-order chi connectivity index (χ1) is 15.0. The van der Waals surface area contributed by atoms with Crippen LogP contribution >= 0.6 is 0 Å². The SMILES string of the molecule is N=C(N)c1ccc(C(=O)N2CCN(OC(=O)Nc3cccc4ccccc34)CC2)cc1. The van der Waals surface area contributed by atoms with Gasteiger partial charge in [0, 0.05) is 29.6 Å². The van der Waals surface area contributed by atoms with Gasteiger partial charge < -0.3 is 15.5 Å². The fourth-order valence-corrected chi connectivity index (χ4v) is 3.54. The Hall–Kier alpha value is -3.91. The predicted molar refractivity (Wildman–Crippen MR) is 119 cm³/mol. The number of nitrogen functional groups attached to an aromatic ring is 1. The Morgan fingerprint density at radius 1 is 0.871 bits per heavy atom. The maximum absolute atomic E-state index is 12.7. The van der Waals surface area contributed by atoms with Crippen molar-refractivity contribution in [3.63, 3.8) is 0 Å². The molecular weight excluding hydrogens is 394 g/mol. The third kappa shape index (κ3) is 4.65. The lowest BCUT2D eigenvalue weighted by molar-refractivity contribution is -0.113. The van der Waals surface area contributed by atoms with Crippen LogP contribution in [-0.2, 0) is 4.84 Å². The van der Waals surface area contributed by atoms with Gasteiger partial charge in [-0.25, -0.2) is 4.79 Å². The van der Waals surface area contributed by atoms with Crippen molar-refractivity contribution in [2.24, 2.45) is 5.73 Å². The van der Waals surface area contributed by atoms with Crippen molar-refractivity contribution in [2.45, 2.75) is 0 Å². The Balaban J connectivity index is 1.31. The first-order valence-electron chi connectivity index (χ1n) is 9.96. The van der Waals surface area contributed by atoms with Gasteiger partial charge >= 0.3 is 6.09 Å². The molecule has 31 heavy (non-hydrogen) atoms. The number of anilines is 1. The number of rotatable bonds is 4. The molecule has 0 atom stereocenters. The highest BCUT2D eigenvalue weighted by atomic mass is 16.7. The van der Waals surface area contributed by atoms with Crippen molar-refractivity contribution in [3.8, 4) is 0 Å². The van der Waals surface area contributed by atoms with Gasteiger partial charge in [0.15, 0.2) is 0 Å². The van der Waals surface area contributed by atoms with E-state index in [4.69, 9.17) is 16.0 Å². The summed E-state index contributed by atoms with van der Waals surface area (Å²) in [5, 5.41) is 13.8. The molecule has 0 unspecified atom stereocenters. The predicted octanol–water partition coefficient (Wildman–Crippen LogP) is 3.05. The van der Waals surface area contributed by atoms with Crippen molar-refractivity contribution in [3.05, 3.63) is 77.9 Å². The first-order valence-corrected chi connectivity index (χ1v) is 9.96. The number of amidine groups is 1. The second kappa shape index (κ2) is 8.85. The van der Waals surface area contributed by atoms with Gasteiger partial charge in [0.25, 0.3) is 5.91 Å². The van der Waals surface area contributed by atoms with E-state index >= 15 is 0 Å². The number of piperazine rings is 1. The number of fused-ring (bicyclic) bond motifs is 1. The van der Waals surface area contributed by atoms with Crippen molar-refractivity contribution < 1.29 is 14.4 Å². The van der Waals surface area contributed by atoms with Gasteiger partial charge in [-0.1, -0.05) is 48.5 Å². The minimum Gasteiger partial charge on any atom is -0.384 e. The molecule has 2 amide bonds. The summed E-state index contributed by atoms with van der Waals surface area (Å²) in [5.74, 6) is -0.138. The number of hydrogen-bond acceptors (Lipinski definition) is 5. The molecule has 4 rings (SSSR count). The van der Waals surface area contributed by atoms with E-state index < -0.39 is 6.09 Å². The van der Waals surface area contributed by atoms with Crippen LogP contribution in [0.25, 0.3) is 10.8 Å². The number of nitrogens with one attached hydrogen (secondary N) is 2. The van der Waals surface area contributed by atoms with Crippen molar-refractivity contribution in [1.82, 2.24) is 9.96 Å². The summed E-state index contributed by atoms with van der Waals surface area (Å²) in [6, 6.07) is 20.1. The van der Waals surface area contributed by atoms with Gasteiger partial charge in [0.1, 0.15) is 5.84 Å². The number of carbonyl (C=O) groups is 2. The molecule has 0 aromatic heterocycles. The van der Waals surface area contributed by atoms with E-state index in [2.05, 4.69) is 5.32 Å². The zero-order valence-corrected chi connectivity index (χ0v) is 16.9. The zero-order chi connectivity index (χ0) is 21.8. The summed E-state index contributed by atoms with van der Waals surface area (Å²) in [5.41, 5.74) is 7.25. The van der Waals surface area contributed by atoms with E-state index in [9.17, 15) is 9.59 Å². The maximum Gasteiger partial charge on any atom is 0.430 e. The number of benzene rings is 3. The normalized spacial score (nSPS) is 14.3. The Bertz CT molecular complexity index is 1120. The van der Waals surface area contributed by atoms with Crippen LogP contribution in [0.1, 0.15) is 15.9 Å². The quantitative estimate of drug-likeness (QED) is 0.446. The number of nitrogens with zero attached hydrogens (tertiary/aromatic N) is 2. The Labute approximate surface area is 179 Å². The average molecular weight is 417 g/mol. The highest BCUT2D eigenvalue weighted by Crippen LogP contribution is 2.23. The maximum atomic E-state index is 12.7. The van der Waals surface area contributed by atoms with Crippen molar-refractivity contribution in [1.29, 1.82) is 5.41 Å². The van der Waals surface area contributed by atoms with Crippen LogP contribution in [0.2, 0.25) is 0 Å². The highest BCUT2D eigenvalue weighted by Gasteiger charge is 2.24. The summed E-state index contributed by atoms with van der Waals surface area (Å²) >= 11 is 0. The molecule has 1 heterocycles. The lowest BCUT2D eigenvalue weighted by atomic mass is 10.1. The summed E-state index contributed by atoms with van der Waals surface area (Å²) in [7, 11) is 0. The highest BCUT2D eigenvalue weighted by molar-refractivity contribution is 6.00. The summed E-state index contributed by atoms with van der Waals surface area (Å²) in [4.78, 5) is 32.2. The molecule has 0 spiro atoms. The topological polar surface area (TPSA) is 112 Å². The summed E-state index contributed by atoms with van der Waals surface area (Å²) in [6.45, 7) is 1.71. The minimum absolute atomic E-state index is 0.0356. The Morgan fingerprint density at radius 3 is 2.23 bits per heavy atom. The van der Waals surface area contributed by atoms with Crippen LogP contribution < -0.4 is 11.1 Å². The van der Waals surface area contributed by atoms with E-state index in [0.717, 1.165) is 10.8 Å². The van der Waals surface area contributed by atoms with Crippen LogP contribution in [0.3, 0.4) is 0 Å². The van der Waals surface area contributed by atoms with Gasteiger partial charge in [-0.05, 0) is 23.6 Å². The molecule has 0 aliphatic carbocycles. The fraction of sp³-hybridized carbons (Fsp3) is 0.174. The molecule has 1 aliphatic heterocycles. The number of nitrogens with two attached hydrogens (primary N) is 1. The smallest absolute Gasteiger partial charge is 0.384 e. The molecule has 4 N–H and O–H groups in total. The zero-order valence-electron chi connectivity index (χ0n) is 16.9. The van der Waals surface area contributed by atoms with Crippen LogP contribution in [0, 0.1) is 5.41 Å². The number of carbonyl (C=O) groups excluding carboxylic acids is 2. The van der Waals surface area contributed by atoms with E-state index in [1.165, 1.54) is 0 Å². The molecule has 0 bridgehead atoms. The molecule has 1 saturated heterocycles. The van der Waals surface area contributed by atoms with Crippen LogP contribution in [0.4, 0.5) is 10.5 Å². The molecule has 8 heteroatoms. The Morgan fingerprint density at radius 2 is 1.52 bits per heavy atom. The molecule has 158 valence electrons. The number of amides is 2. The summed E-state index contributed by atoms with van der Waals surface area (Å²) < 4.78 is 0. The lowest BCUT2D eigenvalue weighted by Gasteiger charge is -2.33. The Kier molecular flexibility index (Phi) is 5.81. The second-order valence-electron chi connectivity index (χ2n) is 7.24. The van der Waals surface area contributed by atoms with E-state index in [0.29, 0.717) is 43.0 Å². The van der Waals surface area contributed by atoms with Crippen molar-refractivity contribution >= 4 is 34.3 Å². The van der Waals surface area contributed by atoms with E-state index in [1.54, 1.807) is 34.2 Å². The third-order valence-corrected chi connectivity index (χ3v) is 5.21. The van der Waals surface area contributed by atoms with Crippen LogP contribution in [-0.4, -0.2) is 54.0 Å². The molecule has 3 aromatic rings. The molecular formula is C23H23N5O3. The van der Waals surface area contributed by atoms with E-state index in [1.807, 2.05) is 42.5 Å². The monoisotopic (exact) mass is 417 g/mol. The van der Waals surface area contributed by atoms with Crippen LogP contribution in [0.15, 0.2) is 66.7 Å². The van der Waals surface area contributed by atoms with E-state index in [-0.39, 0.29) is 11.7 Å². The molecule has 8 nitrogen and oxygen atoms in total.